The minimum absolute atomic E-state index is 0.0795. The summed E-state index contributed by atoms with van der Waals surface area (Å²) < 4.78 is 1.48. The molecule has 28 heavy (non-hydrogen) atoms. The number of amides is 2. The number of hydrogen-bond donors (Lipinski definition) is 1. The van der Waals surface area contributed by atoms with Gasteiger partial charge in [-0.25, -0.2) is 9.48 Å². The van der Waals surface area contributed by atoms with E-state index in [9.17, 15) is 14.4 Å². The smallest absolute Gasteiger partial charge is 0.358 e. The summed E-state index contributed by atoms with van der Waals surface area (Å²) in [5.41, 5.74) is -0.409. The highest BCUT2D eigenvalue weighted by molar-refractivity contribution is 5.99. The number of aromatic carboxylic acids is 1. The van der Waals surface area contributed by atoms with Crippen LogP contribution in [0.15, 0.2) is 36.5 Å². The van der Waals surface area contributed by atoms with Gasteiger partial charge in [-0.3, -0.25) is 9.59 Å². The number of carbonyl (C=O) groups excluding carboxylic acids is 2. The fraction of sp³-hybridized carbons (Fsp3) is 0.421. The van der Waals surface area contributed by atoms with Crippen LogP contribution in [0.1, 0.15) is 46.7 Å². The quantitative estimate of drug-likeness (QED) is 0.845. The van der Waals surface area contributed by atoms with Gasteiger partial charge in [-0.15, -0.1) is 5.10 Å². The minimum Gasteiger partial charge on any atom is -0.476 e. The Morgan fingerprint density at radius 1 is 1.18 bits per heavy atom. The molecule has 0 saturated carbocycles. The van der Waals surface area contributed by atoms with Crippen molar-refractivity contribution in [2.24, 2.45) is 0 Å². The Hall–Kier alpha value is -3.23. The van der Waals surface area contributed by atoms with Crippen LogP contribution >= 0.6 is 0 Å². The molecule has 3 heterocycles. The van der Waals surface area contributed by atoms with Crippen LogP contribution in [0, 0.1) is 0 Å². The van der Waals surface area contributed by atoms with E-state index in [0.29, 0.717) is 31.6 Å². The van der Waals surface area contributed by atoms with Gasteiger partial charge in [0.25, 0.3) is 5.91 Å². The predicted molar refractivity (Wildman–Crippen MR) is 97.7 cm³/mol. The van der Waals surface area contributed by atoms with Crippen molar-refractivity contribution in [1.29, 1.82) is 0 Å². The van der Waals surface area contributed by atoms with Gasteiger partial charge in [0.15, 0.2) is 5.69 Å². The van der Waals surface area contributed by atoms with E-state index < -0.39 is 11.5 Å². The molecule has 0 aliphatic carbocycles. The van der Waals surface area contributed by atoms with E-state index >= 15 is 0 Å². The van der Waals surface area contributed by atoms with Gasteiger partial charge in [-0.1, -0.05) is 23.4 Å². The summed E-state index contributed by atoms with van der Waals surface area (Å²) >= 11 is 0. The predicted octanol–water partition coefficient (Wildman–Crippen LogP) is 1.05. The van der Waals surface area contributed by atoms with Gasteiger partial charge in [0.1, 0.15) is 5.54 Å². The average Bonchev–Trinajstić information content (AvgIpc) is 3.28. The first kappa shape index (κ1) is 18.1. The molecule has 146 valence electrons. The Balaban J connectivity index is 1.45. The van der Waals surface area contributed by atoms with Gasteiger partial charge < -0.3 is 14.9 Å². The molecule has 2 fully saturated rings. The first-order valence-corrected chi connectivity index (χ1v) is 9.21. The lowest BCUT2D eigenvalue weighted by atomic mass is 9.93. The topological polar surface area (TPSA) is 109 Å². The normalized spacial score (nSPS) is 22.2. The van der Waals surface area contributed by atoms with Crippen molar-refractivity contribution in [2.75, 3.05) is 19.6 Å². The number of likely N-dealkylation sites (tertiary alicyclic amines) is 2. The molecule has 1 aromatic heterocycles. The Kier molecular flexibility index (Phi) is 4.37. The molecular formula is C19H21N5O4. The third kappa shape index (κ3) is 2.92. The molecule has 0 unspecified atom stereocenters. The van der Waals surface area contributed by atoms with E-state index in [1.807, 2.05) is 25.1 Å². The molecule has 0 spiro atoms. The molecule has 9 nitrogen and oxygen atoms in total. The van der Waals surface area contributed by atoms with Gasteiger partial charge in [0.2, 0.25) is 5.91 Å². The van der Waals surface area contributed by atoms with E-state index in [4.69, 9.17) is 5.11 Å². The summed E-state index contributed by atoms with van der Waals surface area (Å²) in [6, 6.07) is 8.89. The number of hydrogen-bond acceptors (Lipinski definition) is 5. The van der Waals surface area contributed by atoms with Crippen LogP contribution in [0.3, 0.4) is 0 Å². The van der Waals surface area contributed by atoms with Crippen LogP contribution in [-0.4, -0.2) is 72.9 Å². The van der Waals surface area contributed by atoms with E-state index in [1.165, 1.54) is 10.9 Å². The molecule has 1 atom stereocenters. The van der Waals surface area contributed by atoms with Gasteiger partial charge in [-0.2, -0.15) is 0 Å². The summed E-state index contributed by atoms with van der Waals surface area (Å²) in [6.07, 6.45) is 2.78. The monoisotopic (exact) mass is 383 g/mol. The second-order valence-corrected chi connectivity index (χ2v) is 7.45. The van der Waals surface area contributed by atoms with Crippen molar-refractivity contribution < 1.29 is 19.5 Å². The Morgan fingerprint density at radius 3 is 2.54 bits per heavy atom. The van der Waals surface area contributed by atoms with Gasteiger partial charge >= 0.3 is 5.97 Å². The van der Waals surface area contributed by atoms with Crippen LogP contribution in [0.5, 0.6) is 0 Å². The number of carbonyl (C=O) groups is 3. The lowest BCUT2D eigenvalue weighted by molar-refractivity contribution is -0.147. The minimum atomic E-state index is -1.13. The summed E-state index contributed by atoms with van der Waals surface area (Å²) in [5, 5.41) is 16.4. The third-order valence-corrected chi connectivity index (χ3v) is 5.62. The molecule has 2 aliphatic heterocycles. The number of nitrogens with zero attached hydrogens (tertiary/aromatic N) is 5. The maximum absolute atomic E-state index is 13.2. The fourth-order valence-corrected chi connectivity index (χ4v) is 3.93. The molecule has 2 aromatic rings. The first-order valence-electron chi connectivity index (χ1n) is 9.21. The molecule has 4 rings (SSSR count). The van der Waals surface area contributed by atoms with Crippen molar-refractivity contribution in [3.05, 3.63) is 47.8 Å². The van der Waals surface area contributed by atoms with E-state index in [2.05, 4.69) is 10.3 Å². The summed E-state index contributed by atoms with van der Waals surface area (Å²) in [6.45, 7) is 3.22. The van der Waals surface area contributed by atoms with Crippen LogP contribution < -0.4 is 0 Å². The molecule has 2 amide bonds. The van der Waals surface area contributed by atoms with Crippen molar-refractivity contribution in [3.63, 3.8) is 0 Å². The lowest BCUT2D eigenvalue weighted by Crippen LogP contribution is -2.62. The van der Waals surface area contributed by atoms with E-state index in [0.717, 1.165) is 6.42 Å². The molecule has 2 saturated heterocycles. The third-order valence-electron chi connectivity index (χ3n) is 5.62. The standard InChI is InChI=1S/C19H21N5O4/c1-19(8-5-9-23(19)16(25)13-6-3-2-4-7-13)18(28)22-10-14(11-22)24-12-15(17(26)27)20-21-24/h2-4,6-7,12,14H,5,8-11H2,1H3,(H,26,27)/t19-/m1/s1. The maximum atomic E-state index is 13.2. The van der Waals surface area contributed by atoms with Gasteiger partial charge in [0.05, 0.1) is 12.2 Å². The highest BCUT2D eigenvalue weighted by Crippen LogP contribution is 2.35. The zero-order chi connectivity index (χ0) is 19.9. The molecule has 9 heteroatoms. The zero-order valence-corrected chi connectivity index (χ0v) is 15.5. The second-order valence-electron chi connectivity index (χ2n) is 7.45. The highest BCUT2D eigenvalue weighted by atomic mass is 16.4. The molecule has 2 aliphatic rings. The van der Waals surface area contributed by atoms with Gasteiger partial charge in [-0.05, 0) is 31.9 Å². The van der Waals surface area contributed by atoms with Crippen molar-refractivity contribution in [2.45, 2.75) is 31.3 Å². The molecular weight excluding hydrogens is 362 g/mol. The van der Waals surface area contributed by atoms with Crippen LogP contribution in [0.2, 0.25) is 0 Å². The number of carboxylic acids is 1. The van der Waals surface area contributed by atoms with E-state index in [-0.39, 0.29) is 23.6 Å². The highest BCUT2D eigenvalue weighted by Gasteiger charge is 2.50. The Morgan fingerprint density at radius 2 is 1.89 bits per heavy atom. The van der Waals surface area contributed by atoms with Crippen LogP contribution in [-0.2, 0) is 4.79 Å². The summed E-state index contributed by atoms with van der Waals surface area (Å²) in [4.78, 5) is 40.4. The molecule has 0 radical (unpaired) electrons. The zero-order valence-electron chi connectivity index (χ0n) is 15.5. The number of rotatable bonds is 4. The van der Waals surface area contributed by atoms with Crippen LogP contribution in [0.4, 0.5) is 0 Å². The van der Waals surface area contributed by atoms with Crippen molar-refractivity contribution in [3.8, 4) is 0 Å². The Labute approximate surface area is 161 Å². The maximum Gasteiger partial charge on any atom is 0.358 e. The lowest BCUT2D eigenvalue weighted by Gasteiger charge is -2.45. The van der Waals surface area contributed by atoms with Gasteiger partial charge in [0, 0.05) is 25.2 Å². The molecule has 1 aromatic carbocycles. The number of carboxylic acid groups (broad SMARTS) is 1. The molecule has 0 bridgehead atoms. The SMILES string of the molecule is C[C@]1(C(=O)N2CC(n3cc(C(=O)O)nn3)C2)CCCN1C(=O)c1ccccc1. The summed E-state index contributed by atoms with van der Waals surface area (Å²) in [7, 11) is 0. The Bertz CT molecular complexity index is 921. The first-order chi connectivity index (χ1) is 13.4. The van der Waals surface area contributed by atoms with E-state index in [1.54, 1.807) is 21.9 Å². The fourth-order valence-electron chi connectivity index (χ4n) is 3.93. The average molecular weight is 383 g/mol. The van der Waals surface area contributed by atoms with Crippen LogP contribution in [0.25, 0.3) is 0 Å². The number of benzene rings is 1. The van der Waals surface area contributed by atoms with Crippen molar-refractivity contribution >= 4 is 17.8 Å². The summed E-state index contributed by atoms with van der Waals surface area (Å²) in [5.74, 6) is -1.34. The molecule has 1 N–H and O–H groups in total. The number of aromatic nitrogens is 3. The van der Waals surface area contributed by atoms with Crippen molar-refractivity contribution in [1.82, 2.24) is 24.8 Å². The largest absolute Gasteiger partial charge is 0.476 e. The second kappa shape index (κ2) is 6.74.